The smallest absolute Gasteiger partial charge is 0.227 e. The molecule has 0 radical (unpaired) electrons. The van der Waals surface area contributed by atoms with Gasteiger partial charge in [0.2, 0.25) is 20.0 Å². The Hall–Kier alpha value is -0.260. The fourth-order valence-corrected chi connectivity index (χ4v) is 6.76. The molecule has 0 aliphatic rings. The largest absolute Gasteiger partial charge is 0.303 e. The summed E-state index contributed by atoms with van der Waals surface area (Å²) in [5, 5.41) is -0.912. The quantitative estimate of drug-likeness (QED) is 0.192. The second-order valence-corrected chi connectivity index (χ2v) is 12.9. The molecule has 33 heavy (non-hydrogen) atoms. The zero-order valence-corrected chi connectivity index (χ0v) is 23.4. The zero-order chi connectivity index (χ0) is 25.0. The highest BCUT2D eigenvalue weighted by atomic mass is 32.3. The highest BCUT2D eigenvalue weighted by Gasteiger charge is 2.21. The molecule has 0 atom stereocenters. The highest BCUT2D eigenvalue weighted by Crippen LogP contribution is 2.02. The Labute approximate surface area is 205 Å². The van der Waals surface area contributed by atoms with E-state index in [1.165, 1.54) is 0 Å². The number of nitrogens with one attached hydrogen (secondary N) is 2. The Bertz CT molecular complexity index is 585. The molecule has 200 valence electrons. The third kappa shape index (κ3) is 19.7. The van der Waals surface area contributed by atoms with Crippen LogP contribution in [0.3, 0.4) is 0 Å². The second-order valence-electron chi connectivity index (χ2n) is 8.94. The summed E-state index contributed by atoms with van der Waals surface area (Å²) in [6, 6.07) is 0. The van der Waals surface area contributed by atoms with E-state index in [1.807, 2.05) is 0 Å². The summed E-state index contributed by atoms with van der Waals surface area (Å²) in [5.74, 6) is 0. The Morgan fingerprint density at radius 1 is 0.485 bits per heavy atom. The van der Waals surface area contributed by atoms with Crippen LogP contribution < -0.4 is 9.44 Å². The Balaban J connectivity index is 4.32. The molecule has 0 unspecified atom stereocenters. The van der Waals surface area contributed by atoms with Crippen molar-refractivity contribution >= 4 is 20.0 Å². The van der Waals surface area contributed by atoms with Crippen LogP contribution in [0.2, 0.25) is 0 Å². The minimum absolute atomic E-state index is 0.260. The number of rotatable bonds is 24. The summed E-state index contributed by atoms with van der Waals surface area (Å²) in [4.78, 5) is 4.73. The van der Waals surface area contributed by atoms with E-state index in [9.17, 15) is 16.8 Å². The van der Waals surface area contributed by atoms with Crippen LogP contribution >= 0.6 is 0 Å². The predicted octanol–water partition coefficient (Wildman–Crippen LogP) is 3.37. The number of nitrogens with zero attached hydrogens (tertiary/aromatic N) is 2. The lowest BCUT2D eigenvalue weighted by molar-refractivity contribution is 0.262. The van der Waals surface area contributed by atoms with Crippen LogP contribution in [0.4, 0.5) is 0 Å². The van der Waals surface area contributed by atoms with Gasteiger partial charge in [-0.15, -0.1) is 0 Å². The van der Waals surface area contributed by atoms with Crippen molar-refractivity contribution in [2.24, 2.45) is 0 Å². The van der Waals surface area contributed by atoms with Crippen molar-refractivity contribution in [3.05, 3.63) is 0 Å². The third-order valence-electron chi connectivity index (χ3n) is 5.57. The summed E-state index contributed by atoms with van der Waals surface area (Å²) in [5.41, 5.74) is 0. The molecule has 0 amide bonds. The normalized spacial score (nSPS) is 12.8. The van der Waals surface area contributed by atoms with Crippen LogP contribution in [0.5, 0.6) is 0 Å². The molecular formula is C23H52N4O4S2. The molecule has 0 aromatic heterocycles. The van der Waals surface area contributed by atoms with E-state index in [0.717, 1.165) is 90.6 Å². The molecular weight excluding hydrogens is 460 g/mol. The fourth-order valence-electron chi connectivity index (χ4n) is 3.55. The molecule has 0 spiro atoms. The molecule has 0 aliphatic carbocycles. The maximum Gasteiger partial charge on any atom is 0.227 e. The molecule has 0 saturated heterocycles. The zero-order valence-electron chi connectivity index (χ0n) is 21.8. The first kappa shape index (κ1) is 32.7. The Kier molecular flexibility index (Phi) is 19.8. The van der Waals surface area contributed by atoms with E-state index in [2.05, 4.69) is 46.9 Å². The minimum atomic E-state index is -3.88. The van der Waals surface area contributed by atoms with Gasteiger partial charge in [0.25, 0.3) is 0 Å². The third-order valence-corrected chi connectivity index (χ3v) is 9.34. The van der Waals surface area contributed by atoms with Gasteiger partial charge in [-0.25, -0.2) is 26.3 Å². The van der Waals surface area contributed by atoms with Crippen LogP contribution in [0.1, 0.15) is 91.9 Å². The van der Waals surface area contributed by atoms with Gasteiger partial charge in [-0.3, -0.25) is 0 Å². The fraction of sp³-hybridized carbons (Fsp3) is 1.00. The van der Waals surface area contributed by atoms with E-state index in [-0.39, 0.29) is 13.1 Å². The van der Waals surface area contributed by atoms with E-state index < -0.39 is 25.1 Å². The number of sulfonamides is 2. The van der Waals surface area contributed by atoms with Crippen molar-refractivity contribution in [2.45, 2.75) is 91.9 Å². The van der Waals surface area contributed by atoms with E-state index >= 15 is 0 Å². The molecule has 0 aliphatic heterocycles. The molecule has 0 fully saturated rings. The molecule has 0 aromatic carbocycles. The average molecular weight is 513 g/mol. The Morgan fingerprint density at radius 2 is 0.758 bits per heavy atom. The van der Waals surface area contributed by atoms with Crippen molar-refractivity contribution in [3.8, 4) is 0 Å². The summed E-state index contributed by atoms with van der Waals surface area (Å²) < 4.78 is 54.0. The molecule has 0 rings (SSSR count). The first-order chi connectivity index (χ1) is 15.7. The van der Waals surface area contributed by atoms with Crippen molar-refractivity contribution in [2.75, 3.05) is 57.4 Å². The molecule has 10 heteroatoms. The SMILES string of the molecule is CCCCN(CCCC)CCCNS(=O)(=O)CS(=O)(=O)NCCCN(CCCC)CCCC. The van der Waals surface area contributed by atoms with E-state index in [0.29, 0.717) is 12.8 Å². The minimum Gasteiger partial charge on any atom is -0.303 e. The van der Waals surface area contributed by atoms with Crippen molar-refractivity contribution in [1.29, 1.82) is 0 Å². The Morgan fingerprint density at radius 3 is 1.03 bits per heavy atom. The monoisotopic (exact) mass is 512 g/mol. The predicted molar refractivity (Wildman–Crippen MR) is 140 cm³/mol. The maximum atomic E-state index is 12.3. The average Bonchev–Trinajstić information content (AvgIpc) is 2.75. The topological polar surface area (TPSA) is 98.8 Å². The van der Waals surface area contributed by atoms with Gasteiger partial charge in [-0.1, -0.05) is 53.4 Å². The maximum absolute atomic E-state index is 12.3. The van der Waals surface area contributed by atoms with Crippen molar-refractivity contribution in [1.82, 2.24) is 19.2 Å². The number of hydrogen-bond donors (Lipinski definition) is 2. The standard InChI is InChI=1S/C23H52N4O4S2/c1-5-9-17-26(18-10-6-2)21-13-15-24-32(28,29)23-33(30,31)25-16-14-22-27(19-11-7-3)20-12-8-4/h24-25H,5-23H2,1-4H3. The van der Waals surface area contributed by atoms with Crippen LogP contribution in [-0.4, -0.2) is 84.1 Å². The van der Waals surface area contributed by atoms with E-state index in [1.54, 1.807) is 0 Å². The summed E-state index contributed by atoms with van der Waals surface area (Å²) >= 11 is 0. The molecule has 2 N–H and O–H groups in total. The van der Waals surface area contributed by atoms with Crippen LogP contribution in [0.15, 0.2) is 0 Å². The highest BCUT2D eigenvalue weighted by molar-refractivity contribution is 8.06. The first-order valence-electron chi connectivity index (χ1n) is 13.1. The summed E-state index contributed by atoms with van der Waals surface area (Å²) in [6.45, 7) is 14.9. The van der Waals surface area contributed by atoms with Crippen LogP contribution in [-0.2, 0) is 20.0 Å². The van der Waals surface area contributed by atoms with Crippen molar-refractivity contribution in [3.63, 3.8) is 0 Å². The molecule has 0 bridgehead atoms. The van der Waals surface area contributed by atoms with Gasteiger partial charge in [-0.2, -0.15) is 0 Å². The lowest BCUT2D eigenvalue weighted by Crippen LogP contribution is -2.38. The van der Waals surface area contributed by atoms with Gasteiger partial charge in [0.05, 0.1) is 0 Å². The molecule has 0 aromatic rings. The molecule has 8 nitrogen and oxygen atoms in total. The van der Waals surface area contributed by atoms with Gasteiger partial charge < -0.3 is 9.80 Å². The molecule has 0 saturated carbocycles. The van der Waals surface area contributed by atoms with Gasteiger partial charge in [0.15, 0.2) is 5.08 Å². The first-order valence-corrected chi connectivity index (χ1v) is 16.4. The lowest BCUT2D eigenvalue weighted by atomic mass is 10.2. The van der Waals surface area contributed by atoms with Gasteiger partial charge in [-0.05, 0) is 77.8 Å². The van der Waals surface area contributed by atoms with Crippen LogP contribution in [0, 0.1) is 0 Å². The van der Waals surface area contributed by atoms with Gasteiger partial charge in [0, 0.05) is 13.1 Å². The van der Waals surface area contributed by atoms with Gasteiger partial charge in [0.1, 0.15) is 0 Å². The van der Waals surface area contributed by atoms with Crippen molar-refractivity contribution < 1.29 is 16.8 Å². The summed E-state index contributed by atoms with van der Waals surface area (Å²) in [7, 11) is -7.76. The molecule has 0 heterocycles. The van der Waals surface area contributed by atoms with Gasteiger partial charge >= 0.3 is 0 Å². The summed E-state index contributed by atoms with van der Waals surface area (Å²) in [6.07, 6.45) is 10.4. The number of unbranched alkanes of at least 4 members (excludes halogenated alkanes) is 4. The lowest BCUT2D eigenvalue weighted by Gasteiger charge is -2.22. The van der Waals surface area contributed by atoms with Crippen LogP contribution in [0.25, 0.3) is 0 Å². The number of hydrogen-bond acceptors (Lipinski definition) is 6. The second kappa shape index (κ2) is 20.0. The van der Waals surface area contributed by atoms with E-state index in [4.69, 9.17) is 0 Å².